The van der Waals surface area contributed by atoms with Crippen LogP contribution in [0.15, 0.2) is 29.3 Å². The van der Waals surface area contributed by atoms with Crippen molar-refractivity contribution >= 4 is 5.91 Å². The highest BCUT2D eigenvalue weighted by molar-refractivity contribution is 5.97. The summed E-state index contributed by atoms with van der Waals surface area (Å²) in [5, 5.41) is 10.1. The van der Waals surface area contributed by atoms with E-state index in [-0.39, 0.29) is 35.4 Å². The molecule has 2 heterocycles. The predicted octanol–water partition coefficient (Wildman–Crippen LogP) is 4.46. The highest BCUT2D eigenvalue weighted by atomic mass is 19.4. The molecule has 1 N–H and O–H groups in total. The smallest absolute Gasteiger partial charge is 0.416 e. The van der Waals surface area contributed by atoms with Gasteiger partial charge in [0, 0.05) is 30.8 Å². The zero-order valence-electron chi connectivity index (χ0n) is 21.7. The molecule has 36 heavy (non-hydrogen) atoms. The number of hydrogen-bond donors (Lipinski definition) is 1. The van der Waals surface area contributed by atoms with E-state index in [1.165, 1.54) is 0 Å². The molecule has 0 spiro atoms. The maximum absolute atomic E-state index is 13.4. The molecular formula is C26H36F3N3O4. The lowest BCUT2D eigenvalue weighted by atomic mass is 9.92. The minimum absolute atomic E-state index is 0.0366. The maximum Gasteiger partial charge on any atom is 0.416 e. The number of aromatic nitrogens is 2. The van der Waals surface area contributed by atoms with Gasteiger partial charge in [-0.25, -0.2) is 0 Å². The molecule has 10 heteroatoms. The van der Waals surface area contributed by atoms with Crippen molar-refractivity contribution in [2.45, 2.75) is 77.8 Å². The lowest BCUT2D eigenvalue weighted by molar-refractivity contribution is -0.137. The second kappa shape index (κ2) is 10.8. The van der Waals surface area contributed by atoms with Gasteiger partial charge in [-0.2, -0.15) is 18.2 Å². The Morgan fingerprint density at radius 3 is 2.50 bits per heavy atom. The quantitative estimate of drug-likeness (QED) is 0.596. The van der Waals surface area contributed by atoms with Crippen molar-refractivity contribution in [3.05, 3.63) is 46.6 Å². The van der Waals surface area contributed by atoms with Gasteiger partial charge in [0.2, 0.25) is 0 Å². The summed E-state index contributed by atoms with van der Waals surface area (Å²) >= 11 is 0. The molecule has 0 aliphatic carbocycles. The first-order valence-corrected chi connectivity index (χ1v) is 12.2. The van der Waals surface area contributed by atoms with Gasteiger partial charge in [-0.15, -0.1) is 0 Å². The van der Waals surface area contributed by atoms with Gasteiger partial charge < -0.3 is 14.6 Å². The third kappa shape index (κ3) is 6.59. The molecule has 2 atom stereocenters. The zero-order chi connectivity index (χ0) is 26.8. The highest BCUT2D eigenvalue weighted by Crippen LogP contribution is 2.33. The molecule has 7 nitrogen and oxygen atoms in total. The molecule has 1 aromatic carbocycles. The number of aliphatic hydroxyl groups excluding tert-OH is 1. The van der Waals surface area contributed by atoms with Gasteiger partial charge in [-0.05, 0) is 37.0 Å². The fourth-order valence-corrected chi connectivity index (χ4v) is 4.09. The van der Waals surface area contributed by atoms with Crippen LogP contribution in [0.1, 0.15) is 69.1 Å². The topological polar surface area (TPSA) is 78.0 Å². The fraction of sp³-hybridized carbons (Fsp3) is 0.615. The Morgan fingerprint density at radius 2 is 1.94 bits per heavy atom. The van der Waals surface area contributed by atoms with Crippen LogP contribution >= 0.6 is 0 Å². The molecule has 0 bridgehead atoms. The van der Waals surface area contributed by atoms with Gasteiger partial charge in [-0.1, -0.05) is 34.6 Å². The van der Waals surface area contributed by atoms with Crippen molar-refractivity contribution in [2.24, 2.45) is 18.0 Å². The summed E-state index contributed by atoms with van der Waals surface area (Å²) < 4.78 is 55.4. The van der Waals surface area contributed by atoms with Gasteiger partial charge in [-0.3, -0.25) is 14.2 Å². The van der Waals surface area contributed by atoms with Crippen molar-refractivity contribution in [3.8, 4) is 5.75 Å². The largest absolute Gasteiger partial charge is 0.490 e. The van der Waals surface area contributed by atoms with E-state index in [4.69, 9.17) is 9.47 Å². The molecule has 0 saturated carbocycles. The number of aliphatic hydroxyl groups is 1. The Bertz CT molecular complexity index is 1140. The van der Waals surface area contributed by atoms with Crippen LogP contribution in [0.25, 0.3) is 0 Å². The average molecular weight is 512 g/mol. The van der Waals surface area contributed by atoms with E-state index >= 15 is 0 Å². The second-order valence-electron chi connectivity index (χ2n) is 10.6. The van der Waals surface area contributed by atoms with E-state index in [2.05, 4.69) is 4.99 Å². The van der Waals surface area contributed by atoms with E-state index in [0.29, 0.717) is 18.6 Å². The van der Waals surface area contributed by atoms with E-state index < -0.39 is 23.8 Å². The minimum atomic E-state index is -4.64. The van der Waals surface area contributed by atoms with Crippen LogP contribution in [-0.2, 0) is 29.9 Å². The van der Waals surface area contributed by atoms with Gasteiger partial charge in [0.1, 0.15) is 12.4 Å². The van der Waals surface area contributed by atoms with Crippen LogP contribution < -0.4 is 10.2 Å². The molecule has 1 saturated heterocycles. The van der Waals surface area contributed by atoms with Crippen LogP contribution in [0.2, 0.25) is 0 Å². The first-order valence-electron chi connectivity index (χ1n) is 12.2. The van der Waals surface area contributed by atoms with Gasteiger partial charge in [0.25, 0.3) is 5.91 Å². The number of alkyl halides is 3. The standard InChI is InChI=1S/C26H36F3N3O4/c1-16(2)20(33)15-36-21-10-9-17(26(27,28)29)12-19(21)24(34)30-23-13-22(25(3,4)5)31(6)32(23)14-18-8-7-11-35-18/h9-10,12-13,16,18,20,33H,7-8,11,14-15H2,1-6H3/t18-,20-/m1/s1. The van der Waals surface area contributed by atoms with Crippen LogP contribution in [-0.4, -0.2) is 45.8 Å². The number of rotatable bonds is 7. The first-order chi connectivity index (χ1) is 16.7. The molecule has 1 aliphatic rings. The number of amides is 1. The number of carbonyl (C=O) groups excluding carboxylic acids is 1. The minimum Gasteiger partial charge on any atom is -0.490 e. The highest BCUT2D eigenvalue weighted by Gasteiger charge is 2.32. The molecule has 200 valence electrons. The lowest BCUT2D eigenvalue weighted by Gasteiger charge is -2.21. The molecule has 1 aliphatic heterocycles. The second-order valence-corrected chi connectivity index (χ2v) is 10.6. The van der Waals surface area contributed by atoms with Crippen molar-refractivity contribution in [1.29, 1.82) is 0 Å². The summed E-state index contributed by atoms with van der Waals surface area (Å²) in [6.07, 6.45) is -3.70. The van der Waals surface area contributed by atoms with Crippen LogP contribution in [0, 0.1) is 5.92 Å². The third-order valence-corrected chi connectivity index (χ3v) is 6.34. The Labute approximate surface area is 209 Å². The van der Waals surface area contributed by atoms with E-state index in [0.717, 1.165) is 36.7 Å². The maximum atomic E-state index is 13.4. The van der Waals surface area contributed by atoms with Gasteiger partial charge in [0.05, 0.1) is 29.9 Å². The van der Waals surface area contributed by atoms with Crippen LogP contribution in [0.3, 0.4) is 0 Å². The first kappa shape index (κ1) is 28.0. The summed E-state index contributed by atoms with van der Waals surface area (Å²) in [5.74, 6) is -1.04. The number of hydrogen-bond acceptors (Lipinski definition) is 4. The van der Waals surface area contributed by atoms with Gasteiger partial charge >= 0.3 is 6.18 Å². The summed E-state index contributed by atoms with van der Waals surface area (Å²) in [5.41, 5.74) is -0.318. The predicted molar refractivity (Wildman–Crippen MR) is 129 cm³/mol. The van der Waals surface area contributed by atoms with Crippen molar-refractivity contribution in [1.82, 2.24) is 9.36 Å². The Morgan fingerprint density at radius 1 is 1.25 bits per heavy atom. The Hall–Kier alpha value is -2.59. The molecule has 1 fully saturated rings. The zero-order valence-corrected chi connectivity index (χ0v) is 21.7. The summed E-state index contributed by atoms with van der Waals surface area (Å²) in [4.78, 5) is 17.6. The SMILES string of the molecule is CC(C)[C@H](O)COc1ccc(C(F)(F)F)cc1C(=O)N=c1cc(C(C)(C)C)n(C)n1C[C@H]1CCCO1. The molecule has 1 aromatic heterocycles. The Kier molecular flexibility index (Phi) is 8.40. The van der Waals surface area contributed by atoms with Crippen molar-refractivity contribution in [2.75, 3.05) is 13.2 Å². The number of ether oxygens (including phenoxy) is 2. The average Bonchev–Trinajstić information content (AvgIpc) is 3.40. The van der Waals surface area contributed by atoms with Crippen molar-refractivity contribution < 1.29 is 32.5 Å². The van der Waals surface area contributed by atoms with E-state index in [1.807, 2.05) is 37.2 Å². The molecule has 3 rings (SSSR count). The fourth-order valence-electron chi connectivity index (χ4n) is 4.09. The summed E-state index contributed by atoms with van der Waals surface area (Å²) in [6, 6.07) is 4.49. The van der Waals surface area contributed by atoms with E-state index in [1.54, 1.807) is 19.9 Å². The molecule has 0 radical (unpaired) electrons. The monoisotopic (exact) mass is 511 g/mol. The third-order valence-electron chi connectivity index (χ3n) is 6.34. The molecule has 1 amide bonds. The van der Waals surface area contributed by atoms with Gasteiger partial charge in [0.15, 0.2) is 5.49 Å². The van der Waals surface area contributed by atoms with E-state index in [9.17, 15) is 23.1 Å². The molecule has 0 unspecified atom stereocenters. The lowest BCUT2D eigenvalue weighted by Crippen LogP contribution is -2.30. The number of carbonyl (C=O) groups is 1. The number of halogens is 3. The summed E-state index contributed by atoms with van der Waals surface area (Å²) in [6.45, 7) is 10.6. The number of benzene rings is 1. The van der Waals surface area contributed by atoms with Crippen molar-refractivity contribution in [3.63, 3.8) is 0 Å². The number of nitrogens with zero attached hydrogens (tertiary/aromatic N) is 3. The molecular weight excluding hydrogens is 475 g/mol. The van der Waals surface area contributed by atoms with Crippen LogP contribution in [0.4, 0.5) is 13.2 Å². The summed E-state index contributed by atoms with van der Waals surface area (Å²) in [7, 11) is 1.87. The van der Waals surface area contributed by atoms with Crippen LogP contribution in [0.5, 0.6) is 5.75 Å². The Balaban J connectivity index is 2.08. The molecule has 2 aromatic rings. The normalized spacial score (nSPS) is 18.2.